The molecule has 0 aliphatic carbocycles. The largest absolute Gasteiger partial charge is 0.496 e. The molecule has 0 spiro atoms. The third-order valence-corrected chi connectivity index (χ3v) is 7.64. The Morgan fingerprint density at radius 3 is 2.44 bits per heavy atom. The summed E-state index contributed by atoms with van der Waals surface area (Å²) in [4.78, 5) is 7.23. The predicted octanol–water partition coefficient (Wildman–Crippen LogP) is 5.14. The molecule has 4 aromatic rings. The highest BCUT2D eigenvalue weighted by Gasteiger charge is 2.49. The second-order valence-corrected chi connectivity index (χ2v) is 9.60. The maximum absolute atomic E-state index is 5.71. The van der Waals surface area contributed by atoms with Crippen LogP contribution in [-0.4, -0.2) is 42.2 Å². The second kappa shape index (κ2) is 8.90. The molecule has 1 unspecified atom stereocenters. The molecule has 0 radical (unpaired) electrons. The molecule has 1 aromatic heterocycles. The fourth-order valence-electron chi connectivity index (χ4n) is 6.17. The Kier molecular flexibility index (Phi) is 5.60. The van der Waals surface area contributed by atoms with Gasteiger partial charge in [-0.3, -0.25) is 4.90 Å². The van der Waals surface area contributed by atoms with Crippen molar-refractivity contribution in [3.8, 4) is 5.75 Å². The Morgan fingerprint density at radius 1 is 1.06 bits per heavy atom. The quantitative estimate of drug-likeness (QED) is 0.420. The van der Waals surface area contributed by atoms with Gasteiger partial charge in [0.05, 0.1) is 7.11 Å². The number of aromatic nitrogens is 1. The van der Waals surface area contributed by atoms with Gasteiger partial charge in [-0.25, -0.2) is 4.98 Å². The van der Waals surface area contributed by atoms with Crippen molar-refractivity contribution in [2.24, 2.45) is 5.92 Å². The number of aryl methyl sites for hydroxylation is 1. The molecule has 6 rings (SSSR count). The van der Waals surface area contributed by atoms with E-state index in [-0.39, 0.29) is 0 Å². The van der Waals surface area contributed by atoms with Crippen LogP contribution in [0.5, 0.6) is 5.75 Å². The van der Waals surface area contributed by atoms with Crippen LogP contribution in [-0.2, 0) is 6.54 Å². The van der Waals surface area contributed by atoms with Crippen LogP contribution >= 0.6 is 0 Å². The van der Waals surface area contributed by atoms with Crippen LogP contribution in [0.25, 0.3) is 11.1 Å². The second-order valence-electron chi connectivity index (χ2n) is 9.60. The van der Waals surface area contributed by atoms with E-state index in [0.717, 1.165) is 35.5 Å². The van der Waals surface area contributed by atoms with Crippen molar-refractivity contribution in [3.05, 3.63) is 95.4 Å². The molecule has 2 fully saturated rings. The Bertz CT molecular complexity index is 1230. The number of hydrogen-bond acceptors (Lipinski definition) is 5. The summed E-state index contributed by atoms with van der Waals surface area (Å²) < 4.78 is 11.4. The van der Waals surface area contributed by atoms with Crippen LogP contribution in [0, 0.1) is 12.8 Å². The molecule has 34 heavy (non-hydrogen) atoms. The Labute approximate surface area is 200 Å². The molecule has 2 saturated heterocycles. The molecule has 0 amide bonds. The third-order valence-electron chi connectivity index (χ3n) is 7.64. The van der Waals surface area contributed by atoms with Crippen molar-refractivity contribution < 1.29 is 9.15 Å². The maximum atomic E-state index is 5.71. The fraction of sp³-hybridized carbons (Fsp3) is 0.345. The minimum atomic E-state index is 0.327. The van der Waals surface area contributed by atoms with Crippen molar-refractivity contribution in [2.75, 3.05) is 20.2 Å². The smallest absolute Gasteiger partial charge is 0.192 e. The number of nitrogens with zero attached hydrogens (tertiary/aromatic N) is 2. The summed E-state index contributed by atoms with van der Waals surface area (Å²) in [7, 11) is 1.72. The number of piperidine rings is 1. The van der Waals surface area contributed by atoms with E-state index in [1.165, 1.54) is 24.1 Å². The van der Waals surface area contributed by atoms with E-state index in [0.29, 0.717) is 29.8 Å². The van der Waals surface area contributed by atoms with E-state index in [4.69, 9.17) is 9.15 Å². The van der Waals surface area contributed by atoms with E-state index in [2.05, 4.69) is 81.9 Å². The summed E-state index contributed by atoms with van der Waals surface area (Å²) in [6, 6.07) is 26.9. The molecule has 1 N–H and O–H groups in total. The molecule has 5 heteroatoms. The van der Waals surface area contributed by atoms with Crippen LogP contribution in [0.3, 0.4) is 0 Å². The molecule has 3 aromatic carbocycles. The van der Waals surface area contributed by atoms with Gasteiger partial charge in [-0.15, -0.1) is 0 Å². The SMILES string of the molecule is COc1cc2oc(C)nc2cc1CN[C@@H]1[C@@H]2CCN(C2)[C@@H]1C(c1ccccc1)c1ccccc1. The molecular weight excluding hydrogens is 422 g/mol. The lowest BCUT2D eigenvalue weighted by Gasteiger charge is -2.39. The van der Waals surface area contributed by atoms with Crippen LogP contribution in [0.15, 0.2) is 77.2 Å². The molecule has 2 bridgehead atoms. The van der Waals surface area contributed by atoms with Gasteiger partial charge in [0.15, 0.2) is 11.5 Å². The summed E-state index contributed by atoms with van der Waals surface area (Å²) in [6.07, 6.45) is 1.25. The summed E-state index contributed by atoms with van der Waals surface area (Å²) >= 11 is 0. The van der Waals surface area contributed by atoms with Gasteiger partial charge in [0.25, 0.3) is 0 Å². The molecule has 4 atom stereocenters. The molecule has 2 aliphatic rings. The number of methoxy groups -OCH3 is 1. The third kappa shape index (κ3) is 3.79. The highest BCUT2D eigenvalue weighted by Crippen LogP contribution is 2.43. The van der Waals surface area contributed by atoms with E-state index in [9.17, 15) is 0 Å². The zero-order chi connectivity index (χ0) is 23.1. The zero-order valence-electron chi connectivity index (χ0n) is 19.8. The molecule has 2 aliphatic heterocycles. The van der Waals surface area contributed by atoms with E-state index in [1.54, 1.807) is 7.11 Å². The first kappa shape index (κ1) is 21.4. The van der Waals surface area contributed by atoms with Gasteiger partial charge in [-0.1, -0.05) is 60.7 Å². The number of ether oxygens (including phenoxy) is 1. The van der Waals surface area contributed by atoms with Crippen molar-refractivity contribution >= 4 is 11.1 Å². The van der Waals surface area contributed by atoms with Crippen molar-refractivity contribution in [3.63, 3.8) is 0 Å². The first-order valence-corrected chi connectivity index (χ1v) is 12.2. The highest BCUT2D eigenvalue weighted by molar-refractivity contribution is 5.76. The Hall–Kier alpha value is -3.15. The normalized spacial score (nSPS) is 23.7. The average Bonchev–Trinajstić information content (AvgIpc) is 3.58. The van der Waals surface area contributed by atoms with Gasteiger partial charge >= 0.3 is 0 Å². The van der Waals surface area contributed by atoms with E-state index in [1.807, 2.05) is 13.0 Å². The van der Waals surface area contributed by atoms with Crippen LogP contribution in [0.2, 0.25) is 0 Å². The van der Waals surface area contributed by atoms with Crippen molar-refractivity contribution in [1.82, 2.24) is 15.2 Å². The Balaban J connectivity index is 1.33. The van der Waals surface area contributed by atoms with Crippen molar-refractivity contribution in [1.29, 1.82) is 0 Å². The average molecular weight is 454 g/mol. The molecule has 5 nitrogen and oxygen atoms in total. The highest BCUT2D eigenvalue weighted by atomic mass is 16.5. The number of rotatable bonds is 7. The topological polar surface area (TPSA) is 50.5 Å². The van der Waals surface area contributed by atoms with E-state index >= 15 is 0 Å². The number of fused-ring (bicyclic) bond motifs is 3. The van der Waals surface area contributed by atoms with Crippen LogP contribution < -0.4 is 10.1 Å². The lowest BCUT2D eigenvalue weighted by molar-refractivity contribution is 0.197. The van der Waals surface area contributed by atoms with Gasteiger partial charge in [0.1, 0.15) is 11.3 Å². The number of nitrogens with one attached hydrogen (secondary N) is 1. The van der Waals surface area contributed by atoms with Crippen LogP contribution in [0.1, 0.15) is 34.9 Å². The summed E-state index contributed by atoms with van der Waals surface area (Å²) in [5, 5.41) is 3.97. The van der Waals surface area contributed by atoms with Gasteiger partial charge in [-0.2, -0.15) is 0 Å². The maximum Gasteiger partial charge on any atom is 0.192 e. The van der Waals surface area contributed by atoms with Gasteiger partial charge in [-0.05, 0) is 36.1 Å². The monoisotopic (exact) mass is 453 g/mol. The predicted molar refractivity (Wildman–Crippen MR) is 134 cm³/mol. The number of hydrogen-bond donors (Lipinski definition) is 1. The van der Waals surface area contributed by atoms with Gasteiger partial charge in [0.2, 0.25) is 0 Å². The summed E-state index contributed by atoms with van der Waals surface area (Å²) in [5.41, 5.74) is 5.55. The lowest BCUT2D eigenvalue weighted by atomic mass is 9.78. The van der Waals surface area contributed by atoms with Gasteiger partial charge in [0, 0.05) is 49.6 Å². The molecule has 3 heterocycles. The minimum absolute atomic E-state index is 0.327. The first-order valence-electron chi connectivity index (χ1n) is 12.2. The van der Waals surface area contributed by atoms with Crippen molar-refractivity contribution in [2.45, 2.75) is 37.9 Å². The lowest BCUT2D eigenvalue weighted by Crippen LogP contribution is -2.50. The molecular formula is C29H31N3O2. The van der Waals surface area contributed by atoms with Gasteiger partial charge < -0.3 is 14.5 Å². The number of oxazole rings is 1. The summed E-state index contributed by atoms with van der Waals surface area (Å²) in [6.45, 7) is 4.97. The zero-order valence-corrected chi connectivity index (χ0v) is 19.8. The Morgan fingerprint density at radius 2 is 1.76 bits per heavy atom. The fourth-order valence-corrected chi connectivity index (χ4v) is 6.17. The minimum Gasteiger partial charge on any atom is -0.496 e. The standard InChI is InChI=1S/C29H31N3O2/c1-19-31-24-15-23(25(33-2)16-26(24)34-19)17-30-28-22-13-14-32(18-22)29(28)27(20-9-5-3-6-10-20)21-11-7-4-8-12-21/h3-12,15-16,22,27-30H,13-14,17-18H2,1-2H3/t22-,28-,29-/m1/s1. The molecule has 174 valence electrons. The van der Waals surface area contributed by atoms with E-state index < -0.39 is 0 Å². The number of benzene rings is 3. The van der Waals surface area contributed by atoms with Crippen LogP contribution in [0.4, 0.5) is 0 Å². The molecule has 0 saturated carbocycles. The summed E-state index contributed by atoms with van der Waals surface area (Å²) in [5.74, 6) is 2.51. The first-order chi connectivity index (χ1) is 16.7.